The number of benzene rings is 2. The van der Waals surface area contributed by atoms with Crippen molar-refractivity contribution in [3.8, 4) is 11.1 Å². The fourth-order valence-electron chi connectivity index (χ4n) is 6.24. The molecule has 1 saturated heterocycles. The summed E-state index contributed by atoms with van der Waals surface area (Å²) in [6, 6.07) is 15.0. The molecule has 0 unspecified atom stereocenters. The molecule has 3 amide bonds. The summed E-state index contributed by atoms with van der Waals surface area (Å²) in [5.74, 6) is -0.315. The quantitative estimate of drug-likeness (QED) is 0.403. The van der Waals surface area contributed by atoms with Crippen LogP contribution < -0.4 is 10.6 Å². The van der Waals surface area contributed by atoms with Crippen LogP contribution in [0, 0.1) is 0 Å². The summed E-state index contributed by atoms with van der Waals surface area (Å²) in [6.45, 7) is 9.77. The molecule has 2 aromatic carbocycles. The largest absolute Gasteiger partial charge is 0.449 e. The summed E-state index contributed by atoms with van der Waals surface area (Å²) < 4.78 is 11.4. The highest BCUT2D eigenvalue weighted by atomic mass is 16.6. The Hall–Kier alpha value is -4.33. The maximum absolute atomic E-state index is 13.6. The van der Waals surface area contributed by atoms with Crippen LogP contribution >= 0.6 is 0 Å². The zero-order valence-corrected chi connectivity index (χ0v) is 25.9. The number of alkyl carbamates (subject to hydrolysis) is 1. The number of likely N-dealkylation sites (tertiary alicyclic amines) is 1. The van der Waals surface area contributed by atoms with Crippen molar-refractivity contribution in [2.75, 3.05) is 13.2 Å². The second kappa shape index (κ2) is 13.5. The van der Waals surface area contributed by atoms with Gasteiger partial charge in [0, 0.05) is 18.5 Å². The molecule has 3 atom stereocenters. The minimum Gasteiger partial charge on any atom is -0.449 e. The summed E-state index contributed by atoms with van der Waals surface area (Å²) in [5.41, 5.74) is 4.89. The highest BCUT2D eigenvalue weighted by Gasteiger charge is 2.42. The lowest BCUT2D eigenvalue weighted by atomic mass is 9.98. The van der Waals surface area contributed by atoms with E-state index < -0.39 is 29.9 Å². The van der Waals surface area contributed by atoms with E-state index in [1.807, 2.05) is 48.6 Å². The van der Waals surface area contributed by atoms with Gasteiger partial charge in [0.2, 0.25) is 5.91 Å². The van der Waals surface area contributed by atoms with Gasteiger partial charge in [-0.05, 0) is 75.1 Å². The van der Waals surface area contributed by atoms with Crippen LogP contribution in [0.3, 0.4) is 0 Å². The van der Waals surface area contributed by atoms with Crippen LogP contribution in [0.5, 0.6) is 0 Å². The molecular formula is C36H43N3O5. The third-order valence-corrected chi connectivity index (χ3v) is 8.29. The van der Waals surface area contributed by atoms with Crippen molar-refractivity contribution in [2.24, 2.45) is 0 Å². The molecule has 1 aliphatic heterocycles. The van der Waals surface area contributed by atoms with E-state index in [0.717, 1.165) is 47.1 Å². The smallest absolute Gasteiger partial charge is 0.411 e. The molecule has 3 aliphatic rings. The number of rotatable bonds is 5. The average Bonchev–Trinajstić information content (AvgIpc) is 3.54. The lowest BCUT2D eigenvalue weighted by Crippen LogP contribution is -2.50. The third-order valence-electron chi connectivity index (χ3n) is 8.29. The Morgan fingerprint density at radius 2 is 1.64 bits per heavy atom. The number of allylic oxidation sites excluding steroid dienone is 4. The number of nitrogens with zero attached hydrogens (tertiary/aromatic N) is 1. The fraction of sp³-hybridized carbons (Fsp3) is 0.417. The highest BCUT2D eigenvalue weighted by molar-refractivity contribution is 5.87. The van der Waals surface area contributed by atoms with Gasteiger partial charge in [0.25, 0.3) is 0 Å². The maximum Gasteiger partial charge on any atom is 0.411 e. The molecule has 8 nitrogen and oxygen atoms in total. The van der Waals surface area contributed by atoms with E-state index in [4.69, 9.17) is 9.47 Å². The minimum absolute atomic E-state index is 0.0625. The molecule has 0 saturated carbocycles. The summed E-state index contributed by atoms with van der Waals surface area (Å²) in [4.78, 5) is 41.3. The van der Waals surface area contributed by atoms with Crippen LogP contribution in [0.4, 0.5) is 9.59 Å². The number of hydrogen-bond donors (Lipinski definition) is 2. The molecule has 8 heteroatoms. The first-order valence-corrected chi connectivity index (χ1v) is 15.5. The van der Waals surface area contributed by atoms with Gasteiger partial charge in [-0.25, -0.2) is 9.59 Å². The maximum atomic E-state index is 13.6. The molecule has 1 fully saturated rings. The molecule has 1 heterocycles. The van der Waals surface area contributed by atoms with Gasteiger partial charge in [-0.1, -0.05) is 85.0 Å². The summed E-state index contributed by atoms with van der Waals surface area (Å²) in [5, 5.41) is 6.06. The molecule has 0 bridgehead atoms. The van der Waals surface area contributed by atoms with Crippen molar-refractivity contribution in [3.05, 3.63) is 96.1 Å². The molecule has 2 aromatic rings. The Morgan fingerprint density at radius 1 is 0.955 bits per heavy atom. The molecule has 232 valence electrons. The van der Waals surface area contributed by atoms with Crippen LogP contribution in [0.2, 0.25) is 0 Å². The lowest BCUT2D eigenvalue weighted by Gasteiger charge is -2.29. The van der Waals surface area contributed by atoms with Crippen LogP contribution in [0.15, 0.2) is 85.0 Å². The van der Waals surface area contributed by atoms with E-state index in [9.17, 15) is 14.4 Å². The van der Waals surface area contributed by atoms with E-state index in [-0.39, 0.29) is 37.4 Å². The third kappa shape index (κ3) is 7.59. The molecule has 44 heavy (non-hydrogen) atoms. The second-order valence-electron chi connectivity index (χ2n) is 12.8. The second-order valence-corrected chi connectivity index (χ2v) is 12.8. The number of ether oxygens (including phenoxy) is 2. The number of nitrogens with one attached hydrogen (secondary N) is 2. The normalized spacial score (nSPS) is 23.2. The molecule has 2 aliphatic carbocycles. The van der Waals surface area contributed by atoms with Crippen molar-refractivity contribution in [3.63, 3.8) is 0 Å². The van der Waals surface area contributed by atoms with Crippen molar-refractivity contribution >= 4 is 18.1 Å². The standard InChI is InChI=1S/C36H43N3O5/c1-24-13-6-5-7-15-25(16-12-14-24)37-33(40)32-21-26(22-39(32)35(42)44-36(2,3)4)38-34(41)43-23-31-29-19-10-8-17-27(29)28-18-9-11-20-30(28)31/h5-11,13,17-20,25-26,31-32H,1,12,14-16,21-23H2,2-4H3,(H,37,40)(H,38,41)/b7-5-,13-6-/t25-,26-,32-/m0/s1. The van der Waals surface area contributed by atoms with Crippen molar-refractivity contribution in [2.45, 2.75) is 82.5 Å². The first-order valence-electron chi connectivity index (χ1n) is 15.5. The van der Waals surface area contributed by atoms with E-state index in [0.29, 0.717) is 6.42 Å². The van der Waals surface area contributed by atoms with Gasteiger partial charge < -0.3 is 20.1 Å². The number of carbonyl (C=O) groups excluding carboxylic acids is 3. The summed E-state index contributed by atoms with van der Waals surface area (Å²) >= 11 is 0. The zero-order valence-electron chi connectivity index (χ0n) is 25.9. The van der Waals surface area contributed by atoms with Gasteiger partial charge in [0.1, 0.15) is 18.2 Å². The number of fused-ring (bicyclic) bond motifs is 3. The number of hydrogen-bond acceptors (Lipinski definition) is 5. The van der Waals surface area contributed by atoms with Crippen molar-refractivity contribution in [1.82, 2.24) is 15.5 Å². The highest BCUT2D eigenvalue weighted by Crippen LogP contribution is 2.44. The van der Waals surface area contributed by atoms with Gasteiger partial charge in [-0.15, -0.1) is 0 Å². The van der Waals surface area contributed by atoms with Gasteiger partial charge in [0.15, 0.2) is 0 Å². The molecule has 0 radical (unpaired) electrons. The van der Waals surface area contributed by atoms with Gasteiger partial charge in [0.05, 0.1) is 6.04 Å². The van der Waals surface area contributed by atoms with Crippen molar-refractivity contribution < 1.29 is 23.9 Å². The fourth-order valence-corrected chi connectivity index (χ4v) is 6.24. The molecule has 2 N–H and O–H groups in total. The average molecular weight is 598 g/mol. The zero-order chi connectivity index (χ0) is 31.3. The van der Waals surface area contributed by atoms with E-state index >= 15 is 0 Å². The molecule has 0 aromatic heterocycles. The molecule has 5 rings (SSSR count). The Kier molecular flexibility index (Phi) is 9.57. The van der Waals surface area contributed by atoms with Gasteiger partial charge in [-0.2, -0.15) is 0 Å². The van der Waals surface area contributed by atoms with Crippen LogP contribution in [0.1, 0.15) is 69.9 Å². The summed E-state index contributed by atoms with van der Waals surface area (Å²) in [6.07, 6.45) is 10.3. The predicted octanol–water partition coefficient (Wildman–Crippen LogP) is 6.63. The Labute approximate surface area is 260 Å². The predicted molar refractivity (Wildman–Crippen MR) is 171 cm³/mol. The Morgan fingerprint density at radius 3 is 2.32 bits per heavy atom. The minimum atomic E-state index is -0.780. The van der Waals surface area contributed by atoms with E-state index in [1.165, 1.54) is 4.90 Å². The summed E-state index contributed by atoms with van der Waals surface area (Å²) in [7, 11) is 0. The topological polar surface area (TPSA) is 97.0 Å². The van der Waals surface area contributed by atoms with Gasteiger partial charge in [-0.3, -0.25) is 9.69 Å². The van der Waals surface area contributed by atoms with Crippen molar-refractivity contribution in [1.29, 1.82) is 0 Å². The van der Waals surface area contributed by atoms with Crippen LogP contribution in [-0.4, -0.2) is 59.9 Å². The van der Waals surface area contributed by atoms with E-state index in [1.54, 1.807) is 20.8 Å². The van der Waals surface area contributed by atoms with Crippen LogP contribution in [0.25, 0.3) is 11.1 Å². The first kappa shape index (κ1) is 31.1. The van der Waals surface area contributed by atoms with Crippen LogP contribution in [-0.2, 0) is 14.3 Å². The lowest BCUT2D eigenvalue weighted by molar-refractivity contribution is -0.126. The molecular weight excluding hydrogens is 554 g/mol. The van der Waals surface area contributed by atoms with E-state index in [2.05, 4.69) is 41.5 Å². The number of carbonyl (C=O) groups is 3. The number of amides is 3. The van der Waals surface area contributed by atoms with Gasteiger partial charge >= 0.3 is 12.2 Å². The Bertz CT molecular complexity index is 1410. The SMILES string of the molecule is C=C1/C=C\C=C/C[C@H](NC(=O)[C@@H]2C[C@H](NC(=O)OCC3c4ccccc4-c4ccccc43)CN2C(=O)OC(C)(C)C)CCC1. The molecule has 0 spiro atoms. The first-order chi connectivity index (χ1) is 21.1. The monoisotopic (exact) mass is 597 g/mol. The Balaban J connectivity index is 1.23.